The predicted molar refractivity (Wildman–Crippen MR) is 139 cm³/mol. The first-order valence-corrected chi connectivity index (χ1v) is 13.2. The van der Waals surface area contributed by atoms with Crippen LogP contribution in [-0.4, -0.2) is 65.6 Å². The van der Waals surface area contributed by atoms with E-state index >= 15 is 0 Å². The monoisotopic (exact) mass is 468 g/mol. The van der Waals surface area contributed by atoms with Crippen LogP contribution in [0, 0.1) is 0 Å². The number of hydrogen-bond donors (Lipinski definition) is 4. The van der Waals surface area contributed by atoms with E-state index in [1.54, 1.807) is 0 Å². The zero-order chi connectivity index (χ0) is 24.0. The lowest BCUT2D eigenvalue weighted by Gasteiger charge is -2.24. The van der Waals surface area contributed by atoms with E-state index in [-0.39, 0.29) is 5.91 Å². The highest BCUT2D eigenvalue weighted by molar-refractivity contribution is 5.94. The molecule has 0 radical (unpaired) electrons. The molecule has 1 saturated heterocycles. The third-order valence-corrected chi connectivity index (χ3v) is 6.60. The summed E-state index contributed by atoms with van der Waals surface area (Å²) in [6.07, 6.45) is 11.5. The van der Waals surface area contributed by atoms with Gasteiger partial charge in [0.15, 0.2) is 0 Å². The third kappa shape index (κ3) is 8.85. The van der Waals surface area contributed by atoms with E-state index in [4.69, 9.17) is 0 Å². The van der Waals surface area contributed by atoms with Crippen LogP contribution in [0.5, 0.6) is 0 Å². The zero-order valence-electron chi connectivity index (χ0n) is 21.1. The Morgan fingerprint density at radius 2 is 1.94 bits per heavy atom. The molecule has 1 aromatic heterocycles. The Bertz CT molecular complexity index is 795. The van der Waals surface area contributed by atoms with E-state index in [9.17, 15) is 4.79 Å². The molecule has 2 atom stereocenters. The van der Waals surface area contributed by atoms with Gasteiger partial charge >= 0.3 is 0 Å². The molecule has 2 heterocycles. The minimum Gasteiger partial charge on any atom is -0.352 e. The van der Waals surface area contributed by atoms with Crippen molar-refractivity contribution in [2.24, 2.45) is 0 Å². The number of aromatic amines is 1. The van der Waals surface area contributed by atoms with Crippen LogP contribution in [0.25, 0.3) is 0 Å². The van der Waals surface area contributed by atoms with Gasteiger partial charge in [-0.15, -0.1) is 0 Å². The van der Waals surface area contributed by atoms with Gasteiger partial charge in [0.25, 0.3) is 5.91 Å². The number of imidazole rings is 1. The molecule has 2 aromatic rings. The third-order valence-electron chi connectivity index (χ3n) is 6.60. The zero-order valence-corrected chi connectivity index (χ0v) is 21.1. The maximum atomic E-state index is 12.5. The highest BCUT2D eigenvalue weighted by atomic mass is 16.1. The predicted octanol–water partition coefficient (Wildman–Crippen LogP) is 3.49. The molecule has 1 fully saturated rings. The minimum atomic E-state index is 0.0179. The van der Waals surface area contributed by atoms with Crippen molar-refractivity contribution in [3.63, 3.8) is 0 Å². The Morgan fingerprint density at radius 1 is 1.15 bits per heavy atom. The van der Waals surface area contributed by atoms with Crippen LogP contribution < -0.4 is 16.0 Å². The Kier molecular flexibility index (Phi) is 11.6. The molecule has 0 aliphatic carbocycles. The van der Waals surface area contributed by atoms with Crippen molar-refractivity contribution >= 4 is 5.91 Å². The van der Waals surface area contributed by atoms with Gasteiger partial charge in [-0.3, -0.25) is 4.79 Å². The van der Waals surface area contributed by atoms with Crippen molar-refractivity contribution in [2.75, 3.05) is 32.7 Å². The summed E-state index contributed by atoms with van der Waals surface area (Å²) in [5.74, 6) is 1.03. The van der Waals surface area contributed by atoms with Crippen molar-refractivity contribution in [1.82, 2.24) is 30.8 Å². The molecule has 34 heavy (non-hydrogen) atoms. The van der Waals surface area contributed by atoms with Crippen molar-refractivity contribution < 1.29 is 4.79 Å². The van der Waals surface area contributed by atoms with Gasteiger partial charge in [-0.25, -0.2) is 4.98 Å². The lowest BCUT2D eigenvalue weighted by molar-refractivity contribution is 0.0952. The molecule has 1 unspecified atom stereocenters. The Balaban J connectivity index is 1.39. The second-order valence-corrected chi connectivity index (χ2v) is 9.43. The number of hydrogen-bond acceptors (Lipinski definition) is 5. The van der Waals surface area contributed by atoms with Gasteiger partial charge in [0.1, 0.15) is 5.82 Å². The molecule has 1 aromatic carbocycles. The average molecular weight is 469 g/mol. The molecular formula is C27H44N6O. The van der Waals surface area contributed by atoms with Crippen LogP contribution in [0.3, 0.4) is 0 Å². The van der Waals surface area contributed by atoms with Gasteiger partial charge in [-0.2, -0.15) is 0 Å². The molecular weight excluding hydrogens is 424 g/mol. The molecule has 4 N–H and O–H groups in total. The summed E-state index contributed by atoms with van der Waals surface area (Å²) in [4.78, 5) is 22.7. The summed E-state index contributed by atoms with van der Waals surface area (Å²) >= 11 is 0. The summed E-state index contributed by atoms with van der Waals surface area (Å²) in [6.45, 7) is 10.5. The van der Waals surface area contributed by atoms with E-state index in [2.05, 4.69) is 56.8 Å². The molecule has 1 aliphatic rings. The van der Waals surface area contributed by atoms with E-state index in [1.807, 2.05) is 24.5 Å². The normalized spacial score (nSPS) is 16.7. The lowest BCUT2D eigenvalue weighted by atomic mass is 10.0. The topological polar surface area (TPSA) is 85.1 Å². The van der Waals surface area contributed by atoms with E-state index in [0.717, 1.165) is 56.8 Å². The fraction of sp³-hybridized carbons (Fsp3) is 0.630. The lowest BCUT2D eigenvalue weighted by Crippen LogP contribution is -2.46. The van der Waals surface area contributed by atoms with E-state index in [0.29, 0.717) is 12.1 Å². The van der Waals surface area contributed by atoms with Crippen LogP contribution >= 0.6 is 0 Å². The second kappa shape index (κ2) is 14.9. The van der Waals surface area contributed by atoms with E-state index in [1.165, 1.54) is 44.3 Å². The molecule has 7 nitrogen and oxygen atoms in total. The highest BCUT2D eigenvalue weighted by Gasteiger charge is 2.25. The number of H-pyrrole nitrogens is 1. The summed E-state index contributed by atoms with van der Waals surface area (Å²) in [5, 5.41) is 10.4. The summed E-state index contributed by atoms with van der Waals surface area (Å²) in [7, 11) is 0. The van der Waals surface area contributed by atoms with Gasteiger partial charge in [0.2, 0.25) is 0 Å². The first-order chi connectivity index (χ1) is 16.7. The summed E-state index contributed by atoms with van der Waals surface area (Å²) < 4.78 is 0. The molecule has 7 heteroatoms. The smallest absolute Gasteiger partial charge is 0.251 e. The van der Waals surface area contributed by atoms with Crippen LogP contribution in [0.1, 0.15) is 74.1 Å². The van der Waals surface area contributed by atoms with Gasteiger partial charge in [-0.1, -0.05) is 26.0 Å². The maximum absolute atomic E-state index is 12.5. The maximum Gasteiger partial charge on any atom is 0.251 e. The first-order valence-electron chi connectivity index (χ1n) is 13.2. The number of benzene rings is 1. The molecule has 0 bridgehead atoms. The summed E-state index contributed by atoms with van der Waals surface area (Å²) in [5.41, 5.74) is 1.91. The molecule has 0 saturated carbocycles. The average Bonchev–Trinajstić information content (AvgIpc) is 3.56. The highest BCUT2D eigenvalue weighted by Crippen LogP contribution is 2.14. The standard InChI is InChI=1S/C27H44N6O/c1-3-17-33(18-4-2)19-6-5-13-31-27(34)23-11-9-22(10-12-23)21-32-25(24-8-7-14-28-24)20-26-29-15-16-30-26/h9-12,15-16,24-25,28,32H,3-8,13-14,17-21H2,1-2H3,(H,29,30)(H,31,34)/t24-,25?/m0/s1. The van der Waals surface area contributed by atoms with Crippen LogP contribution in [-0.2, 0) is 13.0 Å². The number of nitrogens with one attached hydrogen (secondary N) is 4. The SMILES string of the molecule is CCCN(CCC)CCCCNC(=O)c1ccc(CNC(Cc2ncc[nH]2)[C@@H]2CCCN2)cc1. The van der Waals surface area contributed by atoms with Crippen molar-refractivity contribution in [2.45, 2.75) is 77.4 Å². The molecule has 3 rings (SSSR count). The van der Waals surface area contributed by atoms with Crippen molar-refractivity contribution in [3.8, 4) is 0 Å². The van der Waals surface area contributed by atoms with Gasteiger partial charge in [0.05, 0.1) is 0 Å². The van der Waals surface area contributed by atoms with Crippen LogP contribution in [0.15, 0.2) is 36.7 Å². The fourth-order valence-corrected chi connectivity index (χ4v) is 4.78. The molecule has 1 aliphatic heterocycles. The van der Waals surface area contributed by atoms with E-state index < -0.39 is 0 Å². The number of rotatable bonds is 16. The van der Waals surface area contributed by atoms with Crippen LogP contribution in [0.4, 0.5) is 0 Å². The van der Waals surface area contributed by atoms with Crippen LogP contribution in [0.2, 0.25) is 0 Å². The fourth-order valence-electron chi connectivity index (χ4n) is 4.78. The number of aromatic nitrogens is 2. The first kappa shape index (κ1) is 26.4. The minimum absolute atomic E-state index is 0.0179. The second-order valence-electron chi connectivity index (χ2n) is 9.43. The molecule has 0 spiro atoms. The quantitative estimate of drug-likeness (QED) is 0.283. The Labute approximate surface area is 205 Å². The Hall–Kier alpha value is -2.22. The van der Waals surface area contributed by atoms with Crippen molar-refractivity contribution in [1.29, 1.82) is 0 Å². The van der Waals surface area contributed by atoms with Crippen molar-refractivity contribution in [3.05, 3.63) is 53.6 Å². The number of carbonyl (C=O) groups excluding carboxylic acids is 1. The number of amides is 1. The molecule has 188 valence electrons. The van der Waals surface area contributed by atoms with Gasteiger partial charge in [-0.05, 0) is 82.4 Å². The number of carbonyl (C=O) groups is 1. The number of unbranched alkanes of at least 4 members (excludes halogenated alkanes) is 1. The largest absolute Gasteiger partial charge is 0.352 e. The Morgan fingerprint density at radius 3 is 2.59 bits per heavy atom. The van der Waals surface area contributed by atoms with Gasteiger partial charge in [0, 0.05) is 49.6 Å². The number of nitrogens with zero attached hydrogens (tertiary/aromatic N) is 2. The van der Waals surface area contributed by atoms with Gasteiger partial charge < -0.3 is 25.8 Å². The summed E-state index contributed by atoms with van der Waals surface area (Å²) in [6, 6.07) is 8.77. The molecule has 1 amide bonds.